The second-order valence-electron chi connectivity index (χ2n) is 5.23. The fourth-order valence-electron chi connectivity index (χ4n) is 2.03. The van der Waals surface area contributed by atoms with Crippen LogP contribution in [-0.4, -0.2) is 38.6 Å². The minimum atomic E-state index is -0.977. The van der Waals surface area contributed by atoms with Crippen molar-refractivity contribution in [2.24, 2.45) is 5.92 Å². The van der Waals surface area contributed by atoms with Gasteiger partial charge >= 0.3 is 11.9 Å². The third kappa shape index (κ3) is 9.96. The summed E-state index contributed by atoms with van der Waals surface area (Å²) in [7, 11) is 2.36. The van der Waals surface area contributed by atoms with E-state index in [9.17, 15) is 14.4 Å². The van der Waals surface area contributed by atoms with Crippen molar-refractivity contribution in [3.05, 3.63) is 12.2 Å². The highest BCUT2D eigenvalue weighted by Crippen LogP contribution is 2.17. The molecule has 0 spiro atoms. The maximum absolute atomic E-state index is 10.9. The Hall–Kier alpha value is -1.85. The number of carbonyl (C=O) groups excluding carboxylic acids is 3. The molecule has 0 aromatic rings. The van der Waals surface area contributed by atoms with Crippen LogP contribution >= 0.6 is 0 Å². The molecule has 0 bridgehead atoms. The minimum Gasteiger partial charge on any atom is -0.469 e. The predicted molar refractivity (Wildman–Crippen MR) is 83.0 cm³/mol. The molecular weight excluding hydrogens is 286 g/mol. The number of allylic oxidation sites excluding steroid dienone is 2. The minimum absolute atomic E-state index is 0.234. The summed E-state index contributed by atoms with van der Waals surface area (Å²) in [5.41, 5.74) is 0. The van der Waals surface area contributed by atoms with Crippen LogP contribution < -0.4 is 5.32 Å². The first-order valence-corrected chi connectivity index (χ1v) is 7.54. The Morgan fingerprint density at radius 1 is 1.23 bits per heavy atom. The molecule has 2 atom stereocenters. The van der Waals surface area contributed by atoms with Crippen LogP contribution in [0.25, 0.3) is 0 Å². The van der Waals surface area contributed by atoms with Crippen LogP contribution in [0.5, 0.6) is 0 Å². The highest BCUT2D eigenvalue weighted by atomic mass is 16.5. The van der Waals surface area contributed by atoms with E-state index in [1.807, 2.05) is 0 Å². The number of hydrogen-bond acceptors (Lipinski definition) is 5. The molecule has 22 heavy (non-hydrogen) atoms. The zero-order chi connectivity index (χ0) is 16.8. The Balaban J connectivity index is 0.000000425. The van der Waals surface area contributed by atoms with Crippen LogP contribution in [0.2, 0.25) is 0 Å². The second kappa shape index (κ2) is 12.9. The average Bonchev–Trinajstić information content (AvgIpc) is 2.50. The SMILES string of the molecule is CC1CC/C=C/CCC1.COC(=O)CC(NC=O)C(=O)OC. The fourth-order valence-corrected chi connectivity index (χ4v) is 2.03. The van der Waals surface area contributed by atoms with E-state index in [0.717, 1.165) is 5.92 Å². The fraction of sp³-hybridized carbons (Fsp3) is 0.688. The van der Waals surface area contributed by atoms with Gasteiger partial charge in [0.05, 0.1) is 20.6 Å². The summed E-state index contributed by atoms with van der Waals surface area (Å²) in [5.74, 6) is -0.308. The standard InChI is InChI=1S/C9H16.C7H11NO5/c1-9-7-5-3-2-4-6-8-9;1-12-6(10)3-5(8-4-9)7(11)13-2/h2-3,9H,4-8H2,1H3;4-5H,3H2,1-2H3,(H,8,9)/b3-2+;. The monoisotopic (exact) mass is 313 g/mol. The van der Waals surface area contributed by atoms with E-state index in [-0.39, 0.29) is 6.42 Å². The maximum atomic E-state index is 10.9. The molecule has 0 aliphatic heterocycles. The molecule has 0 radical (unpaired) electrons. The van der Waals surface area contributed by atoms with Gasteiger partial charge in [-0.2, -0.15) is 0 Å². The van der Waals surface area contributed by atoms with Gasteiger partial charge in [0, 0.05) is 0 Å². The molecule has 0 saturated carbocycles. The van der Waals surface area contributed by atoms with Crippen molar-refractivity contribution in [1.29, 1.82) is 0 Å². The number of methoxy groups -OCH3 is 2. The van der Waals surface area contributed by atoms with E-state index in [1.54, 1.807) is 0 Å². The van der Waals surface area contributed by atoms with Crippen LogP contribution in [0.3, 0.4) is 0 Å². The molecule has 1 aliphatic rings. The summed E-state index contributed by atoms with van der Waals surface area (Å²) in [4.78, 5) is 31.7. The Kier molecular flexibility index (Phi) is 11.8. The average molecular weight is 313 g/mol. The molecule has 1 rings (SSSR count). The Morgan fingerprint density at radius 3 is 2.50 bits per heavy atom. The molecule has 0 fully saturated rings. The van der Waals surface area contributed by atoms with Gasteiger partial charge < -0.3 is 14.8 Å². The molecule has 6 heteroatoms. The number of amides is 1. The van der Waals surface area contributed by atoms with Crippen LogP contribution in [0.4, 0.5) is 0 Å². The molecule has 1 N–H and O–H groups in total. The maximum Gasteiger partial charge on any atom is 0.328 e. The highest BCUT2D eigenvalue weighted by molar-refractivity contribution is 5.84. The first kappa shape index (κ1) is 20.1. The van der Waals surface area contributed by atoms with Gasteiger partial charge in [0.25, 0.3) is 0 Å². The molecule has 1 aliphatic carbocycles. The summed E-state index contributed by atoms with van der Waals surface area (Å²) in [6.07, 6.45) is 11.6. The predicted octanol–water partition coefficient (Wildman–Crippen LogP) is 1.98. The van der Waals surface area contributed by atoms with E-state index in [4.69, 9.17) is 0 Å². The summed E-state index contributed by atoms with van der Waals surface area (Å²) in [6, 6.07) is -0.977. The number of nitrogens with one attached hydrogen (secondary N) is 1. The highest BCUT2D eigenvalue weighted by Gasteiger charge is 2.21. The lowest BCUT2D eigenvalue weighted by Crippen LogP contribution is -2.38. The molecule has 0 saturated heterocycles. The summed E-state index contributed by atoms with van der Waals surface area (Å²) >= 11 is 0. The molecule has 126 valence electrons. The third-order valence-electron chi connectivity index (χ3n) is 3.41. The Labute approximate surface area is 132 Å². The largest absolute Gasteiger partial charge is 0.469 e. The molecule has 0 heterocycles. The van der Waals surface area contributed by atoms with Crippen molar-refractivity contribution >= 4 is 18.3 Å². The molecule has 0 aromatic heterocycles. The third-order valence-corrected chi connectivity index (χ3v) is 3.41. The summed E-state index contributed by atoms with van der Waals surface area (Å²) < 4.78 is 8.66. The normalized spacial score (nSPS) is 20.0. The van der Waals surface area contributed by atoms with Crippen molar-refractivity contribution < 1.29 is 23.9 Å². The van der Waals surface area contributed by atoms with Crippen molar-refractivity contribution in [2.75, 3.05) is 14.2 Å². The van der Waals surface area contributed by atoms with E-state index >= 15 is 0 Å². The zero-order valence-electron chi connectivity index (χ0n) is 13.7. The number of hydrogen-bond donors (Lipinski definition) is 1. The van der Waals surface area contributed by atoms with Gasteiger partial charge in [-0.25, -0.2) is 4.79 Å². The molecule has 0 aromatic carbocycles. The van der Waals surface area contributed by atoms with Gasteiger partial charge in [0.2, 0.25) is 6.41 Å². The van der Waals surface area contributed by atoms with Crippen LogP contribution in [0.15, 0.2) is 12.2 Å². The van der Waals surface area contributed by atoms with Crippen LogP contribution in [0.1, 0.15) is 45.4 Å². The lowest BCUT2D eigenvalue weighted by Gasteiger charge is -2.11. The van der Waals surface area contributed by atoms with Crippen LogP contribution in [0, 0.1) is 5.92 Å². The van der Waals surface area contributed by atoms with Crippen LogP contribution in [-0.2, 0) is 23.9 Å². The van der Waals surface area contributed by atoms with Crippen molar-refractivity contribution in [3.63, 3.8) is 0 Å². The lowest BCUT2D eigenvalue weighted by molar-refractivity contribution is -0.150. The summed E-state index contributed by atoms with van der Waals surface area (Å²) in [6.45, 7) is 2.36. The molecule has 2 unspecified atom stereocenters. The van der Waals surface area contributed by atoms with Gasteiger partial charge in [0.1, 0.15) is 6.04 Å². The number of esters is 2. The topological polar surface area (TPSA) is 81.7 Å². The zero-order valence-corrected chi connectivity index (χ0v) is 13.7. The van der Waals surface area contributed by atoms with E-state index in [0.29, 0.717) is 6.41 Å². The smallest absolute Gasteiger partial charge is 0.328 e. The molecule has 1 amide bonds. The van der Waals surface area contributed by atoms with Gasteiger partial charge in [-0.1, -0.05) is 25.5 Å². The number of rotatable bonds is 5. The Morgan fingerprint density at radius 2 is 1.91 bits per heavy atom. The first-order valence-electron chi connectivity index (χ1n) is 7.54. The van der Waals surface area contributed by atoms with Gasteiger partial charge in [-0.3, -0.25) is 9.59 Å². The lowest BCUT2D eigenvalue weighted by atomic mass is 9.96. The first-order chi connectivity index (χ1) is 10.5. The van der Waals surface area contributed by atoms with Crippen molar-refractivity contribution in [2.45, 2.75) is 51.5 Å². The molecule has 6 nitrogen and oxygen atoms in total. The van der Waals surface area contributed by atoms with E-state index in [1.165, 1.54) is 46.3 Å². The quantitative estimate of drug-likeness (QED) is 0.477. The number of carbonyl (C=O) groups is 3. The number of ether oxygens (including phenoxy) is 2. The van der Waals surface area contributed by atoms with Gasteiger partial charge in [-0.05, 0) is 31.6 Å². The van der Waals surface area contributed by atoms with Crippen molar-refractivity contribution in [1.82, 2.24) is 5.32 Å². The summed E-state index contributed by atoms with van der Waals surface area (Å²) in [5, 5.41) is 2.14. The Bertz CT molecular complexity index is 368. The van der Waals surface area contributed by atoms with Gasteiger partial charge in [-0.15, -0.1) is 0 Å². The van der Waals surface area contributed by atoms with Crippen molar-refractivity contribution in [3.8, 4) is 0 Å². The van der Waals surface area contributed by atoms with Gasteiger partial charge in [0.15, 0.2) is 0 Å². The van der Waals surface area contributed by atoms with E-state index < -0.39 is 18.0 Å². The molecular formula is C16H27NO5. The van der Waals surface area contributed by atoms with E-state index in [2.05, 4.69) is 33.9 Å². The second-order valence-corrected chi connectivity index (χ2v) is 5.23.